The SMILES string of the molecule is COc1cc(F)c2ccsc2c1O. The van der Waals surface area contributed by atoms with E-state index in [0.29, 0.717) is 10.1 Å². The van der Waals surface area contributed by atoms with Gasteiger partial charge in [0.15, 0.2) is 11.5 Å². The lowest BCUT2D eigenvalue weighted by atomic mass is 10.2. The molecule has 0 aliphatic carbocycles. The van der Waals surface area contributed by atoms with Crippen LogP contribution in [0.25, 0.3) is 10.1 Å². The van der Waals surface area contributed by atoms with Crippen LogP contribution in [0.3, 0.4) is 0 Å². The molecule has 0 unspecified atom stereocenters. The molecule has 13 heavy (non-hydrogen) atoms. The lowest BCUT2D eigenvalue weighted by Crippen LogP contribution is -1.85. The normalized spacial score (nSPS) is 10.6. The second kappa shape index (κ2) is 2.88. The molecule has 0 saturated carbocycles. The number of thiophene rings is 1. The minimum atomic E-state index is -0.370. The largest absolute Gasteiger partial charge is 0.503 e. The summed E-state index contributed by atoms with van der Waals surface area (Å²) in [4.78, 5) is 0. The molecule has 1 heterocycles. The Bertz CT molecular complexity index is 450. The van der Waals surface area contributed by atoms with Crippen molar-refractivity contribution in [2.45, 2.75) is 0 Å². The fourth-order valence-electron chi connectivity index (χ4n) is 1.21. The highest BCUT2D eigenvalue weighted by molar-refractivity contribution is 7.17. The Labute approximate surface area is 78.2 Å². The molecular weight excluding hydrogens is 191 g/mol. The molecule has 0 aliphatic rings. The Balaban J connectivity index is 2.85. The second-order valence-electron chi connectivity index (χ2n) is 2.57. The van der Waals surface area contributed by atoms with Crippen LogP contribution in [0, 0.1) is 5.82 Å². The van der Waals surface area contributed by atoms with Gasteiger partial charge in [-0.15, -0.1) is 11.3 Å². The first kappa shape index (κ1) is 8.31. The molecule has 0 spiro atoms. The van der Waals surface area contributed by atoms with E-state index >= 15 is 0 Å². The number of fused-ring (bicyclic) bond motifs is 1. The average Bonchev–Trinajstić information content (AvgIpc) is 2.60. The first-order chi connectivity index (χ1) is 6.24. The van der Waals surface area contributed by atoms with Crippen LogP contribution in [0.2, 0.25) is 0 Å². The summed E-state index contributed by atoms with van der Waals surface area (Å²) in [6.45, 7) is 0. The zero-order chi connectivity index (χ0) is 9.42. The molecule has 0 bridgehead atoms. The Morgan fingerprint density at radius 1 is 1.54 bits per heavy atom. The Kier molecular flexibility index (Phi) is 1.84. The molecule has 2 aromatic rings. The Hall–Kier alpha value is -1.29. The summed E-state index contributed by atoms with van der Waals surface area (Å²) in [5.41, 5.74) is 0. The van der Waals surface area contributed by atoms with Crippen LogP contribution in [0.15, 0.2) is 17.5 Å². The lowest BCUT2D eigenvalue weighted by molar-refractivity contribution is 0.374. The summed E-state index contributed by atoms with van der Waals surface area (Å²) in [7, 11) is 1.40. The lowest BCUT2D eigenvalue weighted by Gasteiger charge is -2.04. The molecule has 0 fully saturated rings. The highest BCUT2D eigenvalue weighted by Crippen LogP contribution is 2.39. The van der Waals surface area contributed by atoms with Crippen LogP contribution in [0.1, 0.15) is 0 Å². The third kappa shape index (κ3) is 1.14. The van der Waals surface area contributed by atoms with Crippen LogP contribution in [0.4, 0.5) is 4.39 Å². The third-order valence-corrected chi connectivity index (χ3v) is 2.77. The van der Waals surface area contributed by atoms with Crippen molar-refractivity contribution in [2.75, 3.05) is 7.11 Å². The molecule has 1 aromatic heterocycles. The quantitative estimate of drug-likeness (QED) is 0.763. The average molecular weight is 198 g/mol. The number of benzene rings is 1. The number of methoxy groups -OCH3 is 1. The maximum absolute atomic E-state index is 13.3. The number of phenolic OH excluding ortho intramolecular Hbond substituents is 1. The van der Waals surface area contributed by atoms with Gasteiger partial charge in [0.05, 0.1) is 11.8 Å². The van der Waals surface area contributed by atoms with E-state index in [1.54, 1.807) is 11.4 Å². The van der Waals surface area contributed by atoms with Crippen molar-refractivity contribution in [3.63, 3.8) is 0 Å². The highest BCUT2D eigenvalue weighted by atomic mass is 32.1. The van der Waals surface area contributed by atoms with Gasteiger partial charge < -0.3 is 9.84 Å². The summed E-state index contributed by atoms with van der Waals surface area (Å²) >= 11 is 1.29. The molecule has 1 N–H and O–H groups in total. The summed E-state index contributed by atoms with van der Waals surface area (Å²) in [5.74, 6) is -0.188. The van der Waals surface area contributed by atoms with Crippen molar-refractivity contribution in [1.29, 1.82) is 0 Å². The van der Waals surface area contributed by atoms with Crippen LogP contribution in [-0.4, -0.2) is 12.2 Å². The molecule has 68 valence electrons. The van der Waals surface area contributed by atoms with Gasteiger partial charge in [0, 0.05) is 11.5 Å². The van der Waals surface area contributed by atoms with Crippen LogP contribution in [0.5, 0.6) is 11.5 Å². The molecule has 0 aliphatic heterocycles. The summed E-state index contributed by atoms with van der Waals surface area (Å²) in [5, 5.41) is 11.7. The Morgan fingerprint density at radius 3 is 3.00 bits per heavy atom. The monoisotopic (exact) mass is 198 g/mol. The summed E-state index contributed by atoms with van der Waals surface area (Å²) < 4.78 is 18.6. The van der Waals surface area contributed by atoms with Gasteiger partial charge in [0.2, 0.25) is 0 Å². The van der Waals surface area contributed by atoms with Crippen molar-refractivity contribution in [1.82, 2.24) is 0 Å². The van der Waals surface area contributed by atoms with Crippen LogP contribution >= 0.6 is 11.3 Å². The number of hydrogen-bond acceptors (Lipinski definition) is 3. The summed E-state index contributed by atoms with van der Waals surface area (Å²) in [6, 6.07) is 2.82. The minimum absolute atomic E-state index is 0.00824. The number of phenols is 1. The third-order valence-electron chi connectivity index (χ3n) is 1.85. The van der Waals surface area contributed by atoms with Crippen molar-refractivity contribution >= 4 is 21.4 Å². The van der Waals surface area contributed by atoms with Gasteiger partial charge >= 0.3 is 0 Å². The maximum atomic E-state index is 13.3. The first-order valence-electron chi connectivity index (χ1n) is 3.66. The summed E-state index contributed by atoms with van der Waals surface area (Å²) in [6.07, 6.45) is 0. The first-order valence-corrected chi connectivity index (χ1v) is 4.54. The molecular formula is C9H7FO2S. The van der Waals surface area contributed by atoms with E-state index in [0.717, 1.165) is 0 Å². The van der Waals surface area contributed by atoms with E-state index in [4.69, 9.17) is 4.74 Å². The van der Waals surface area contributed by atoms with Gasteiger partial charge in [-0.1, -0.05) is 0 Å². The van der Waals surface area contributed by atoms with Gasteiger partial charge in [-0.3, -0.25) is 0 Å². The van der Waals surface area contributed by atoms with Gasteiger partial charge in [0.1, 0.15) is 5.82 Å². The molecule has 0 amide bonds. The predicted octanol–water partition coefficient (Wildman–Crippen LogP) is 2.75. The molecule has 0 radical (unpaired) electrons. The van der Waals surface area contributed by atoms with E-state index in [1.165, 1.54) is 24.5 Å². The molecule has 2 nitrogen and oxygen atoms in total. The van der Waals surface area contributed by atoms with E-state index in [1.807, 2.05) is 0 Å². The number of halogens is 1. The van der Waals surface area contributed by atoms with Crippen LogP contribution in [-0.2, 0) is 0 Å². The van der Waals surface area contributed by atoms with Crippen molar-refractivity contribution in [3.8, 4) is 11.5 Å². The molecule has 1 aromatic carbocycles. The number of ether oxygens (including phenoxy) is 1. The van der Waals surface area contributed by atoms with Gasteiger partial charge in [-0.05, 0) is 11.4 Å². The van der Waals surface area contributed by atoms with Gasteiger partial charge in [0.25, 0.3) is 0 Å². The van der Waals surface area contributed by atoms with Crippen molar-refractivity contribution in [3.05, 3.63) is 23.3 Å². The Morgan fingerprint density at radius 2 is 2.31 bits per heavy atom. The van der Waals surface area contributed by atoms with Crippen LogP contribution < -0.4 is 4.74 Å². The van der Waals surface area contributed by atoms with E-state index in [2.05, 4.69) is 0 Å². The predicted molar refractivity (Wildman–Crippen MR) is 50.0 cm³/mol. The minimum Gasteiger partial charge on any atom is -0.503 e. The molecule has 0 saturated heterocycles. The fourth-order valence-corrected chi connectivity index (χ4v) is 2.05. The standard InChI is InChI=1S/C9H7FO2S/c1-12-7-4-6(10)5-2-3-13-9(5)8(7)11/h2-4,11H,1H3. The zero-order valence-electron chi connectivity index (χ0n) is 6.87. The van der Waals surface area contributed by atoms with Crippen molar-refractivity contribution in [2.24, 2.45) is 0 Å². The highest BCUT2D eigenvalue weighted by Gasteiger charge is 2.12. The van der Waals surface area contributed by atoms with Gasteiger partial charge in [-0.25, -0.2) is 4.39 Å². The molecule has 0 atom stereocenters. The molecule has 2 rings (SSSR count). The number of hydrogen-bond donors (Lipinski definition) is 1. The topological polar surface area (TPSA) is 29.5 Å². The second-order valence-corrected chi connectivity index (χ2v) is 3.49. The van der Waals surface area contributed by atoms with E-state index in [9.17, 15) is 9.50 Å². The van der Waals surface area contributed by atoms with Gasteiger partial charge in [-0.2, -0.15) is 0 Å². The van der Waals surface area contributed by atoms with E-state index in [-0.39, 0.29) is 17.3 Å². The fraction of sp³-hybridized carbons (Fsp3) is 0.111. The maximum Gasteiger partial charge on any atom is 0.176 e. The smallest absolute Gasteiger partial charge is 0.176 e. The molecule has 4 heteroatoms. The van der Waals surface area contributed by atoms with Crippen molar-refractivity contribution < 1.29 is 14.2 Å². The number of aromatic hydroxyl groups is 1. The zero-order valence-corrected chi connectivity index (χ0v) is 7.69. The number of rotatable bonds is 1. The van der Waals surface area contributed by atoms with E-state index < -0.39 is 0 Å².